The van der Waals surface area contributed by atoms with Gasteiger partial charge in [-0.2, -0.15) is 5.10 Å². The Balaban J connectivity index is 1.75. The van der Waals surface area contributed by atoms with Gasteiger partial charge in [0, 0.05) is 38.4 Å². The van der Waals surface area contributed by atoms with Crippen molar-refractivity contribution in [3.8, 4) is 0 Å². The molecule has 1 N–H and O–H groups in total. The van der Waals surface area contributed by atoms with Crippen LogP contribution in [0.4, 0.5) is 0 Å². The number of aromatic nitrogens is 2. The molecule has 1 saturated heterocycles. The van der Waals surface area contributed by atoms with E-state index in [1.54, 1.807) is 0 Å². The summed E-state index contributed by atoms with van der Waals surface area (Å²) in [5, 5.41) is 7.94. The molecule has 0 radical (unpaired) electrons. The lowest BCUT2D eigenvalue weighted by Gasteiger charge is -2.20. The van der Waals surface area contributed by atoms with Crippen molar-refractivity contribution in [3.63, 3.8) is 0 Å². The summed E-state index contributed by atoms with van der Waals surface area (Å²) in [4.78, 5) is 2.52. The number of aryl methyl sites for hydroxylation is 1. The van der Waals surface area contributed by atoms with Crippen molar-refractivity contribution in [2.24, 2.45) is 7.05 Å². The predicted molar refractivity (Wildman–Crippen MR) is 65.2 cm³/mol. The highest BCUT2D eigenvalue weighted by Gasteiger charge is 2.23. The summed E-state index contributed by atoms with van der Waals surface area (Å²) >= 11 is 0. The number of rotatable bonds is 4. The summed E-state index contributed by atoms with van der Waals surface area (Å²) in [5.41, 5.74) is 1.13. The quantitative estimate of drug-likeness (QED) is 0.825. The van der Waals surface area contributed by atoms with Gasteiger partial charge in [0.1, 0.15) is 0 Å². The molecule has 90 valence electrons. The molecule has 1 aliphatic heterocycles. The maximum atomic E-state index is 4.37. The predicted octanol–water partition coefficient (Wildman–Crippen LogP) is 0.992. The van der Waals surface area contributed by atoms with E-state index in [0.29, 0.717) is 12.1 Å². The van der Waals surface area contributed by atoms with Gasteiger partial charge in [0.05, 0.1) is 5.69 Å². The highest BCUT2D eigenvalue weighted by Crippen LogP contribution is 2.12. The molecule has 1 unspecified atom stereocenters. The summed E-state index contributed by atoms with van der Waals surface area (Å²) in [7, 11) is 1.96. The van der Waals surface area contributed by atoms with Crippen molar-refractivity contribution in [2.75, 3.05) is 13.1 Å². The van der Waals surface area contributed by atoms with Gasteiger partial charge in [-0.1, -0.05) is 0 Å². The van der Waals surface area contributed by atoms with Gasteiger partial charge in [0.15, 0.2) is 0 Å². The summed E-state index contributed by atoms with van der Waals surface area (Å²) < 4.78 is 1.85. The SMILES string of the molecule is CC(C)N1CCC(NCc2ccn(C)n2)C1. The minimum absolute atomic E-state index is 0.629. The van der Waals surface area contributed by atoms with Crippen molar-refractivity contribution in [1.29, 1.82) is 0 Å². The van der Waals surface area contributed by atoms with E-state index in [-0.39, 0.29) is 0 Å². The molecule has 1 aliphatic rings. The van der Waals surface area contributed by atoms with Crippen LogP contribution in [0.2, 0.25) is 0 Å². The zero-order valence-electron chi connectivity index (χ0n) is 10.5. The lowest BCUT2D eigenvalue weighted by Crippen LogP contribution is -2.34. The molecule has 0 saturated carbocycles. The summed E-state index contributed by atoms with van der Waals surface area (Å²) in [6.07, 6.45) is 3.25. The molecule has 1 aromatic rings. The van der Waals surface area contributed by atoms with E-state index in [1.165, 1.54) is 19.5 Å². The first-order chi connectivity index (χ1) is 7.65. The molecule has 0 spiro atoms. The largest absolute Gasteiger partial charge is 0.307 e. The lowest BCUT2D eigenvalue weighted by molar-refractivity contribution is 0.268. The van der Waals surface area contributed by atoms with E-state index in [0.717, 1.165) is 12.2 Å². The van der Waals surface area contributed by atoms with E-state index in [9.17, 15) is 0 Å². The first-order valence-corrected chi connectivity index (χ1v) is 6.11. The Morgan fingerprint density at radius 2 is 2.38 bits per heavy atom. The highest BCUT2D eigenvalue weighted by atomic mass is 15.3. The third-order valence-electron chi connectivity index (χ3n) is 3.29. The number of nitrogens with one attached hydrogen (secondary N) is 1. The monoisotopic (exact) mass is 222 g/mol. The van der Waals surface area contributed by atoms with Crippen LogP contribution in [0.25, 0.3) is 0 Å². The molecule has 0 bridgehead atoms. The molecule has 0 amide bonds. The fourth-order valence-electron chi connectivity index (χ4n) is 2.23. The van der Waals surface area contributed by atoms with Crippen LogP contribution in [0.1, 0.15) is 26.0 Å². The minimum Gasteiger partial charge on any atom is -0.307 e. The molecule has 1 aromatic heterocycles. The van der Waals surface area contributed by atoms with Gasteiger partial charge < -0.3 is 5.32 Å². The van der Waals surface area contributed by atoms with Crippen LogP contribution in [-0.2, 0) is 13.6 Å². The molecule has 1 atom stereocenters. The normalized spacial score (nSPS) is 22.1. The third-order valence-corrected chi connectivity index (χ3v) is 3.29. The Hall–Kier alpha value is -0.870. The summed E-state index contributed by atoms with van der Waals surface area (Å²) in [6, 6.07) is 3.37. The zero-order chi connectivity index (χ0) is 11.5. The van der Waals surface area contributed by atoms with Crippen LogP contribution in [0.15, 0.2) is 12.3 Å². The number of hydrogen-bond donors (Lipinski definition) is 1. The number of likely N-dealkylation sites (tertiary alicyclic amines) is 1. The Bertz CT molecular complexity index is 332. The van der Waals surface area contributed by atoms with E-state index in [2.05, 4.69) is 35.2 Å². The summed E-state index contributed by atoms with van der Waals surface area (Å²) in [6.45, 7) is 7.81. The van der Waals surface area contributed by atoms with Crippen LogP contribution in [0, 0.1) is 0 Å². The number of hydrogen-bond acceptors (Lipinski definition) is 3. The van der Waals surface area contributed by atoms with Crippen molar-refractivity contribution >= 4 is 0 Å². The standard InChI is InChI=1S/C12H22N4/c1-10(2)16-7-5-12(9-16)13-8-11-4-6-15(3)14-11/h4,6,10,12-13H,5,7-9H2,1-3H3. The van der Waals surface area contributed by atoms with Crippen molar-refractivity contribution in [3.05, 3.63) is 18.0 Å². The first kappa shape index (κ1) is 11.6. The molecule has 2 rings (SSSR count). The molecule has 0 aliphatic carbocycles. The maximum absolute atomic E-state index is 4.37. The lowest BCUT2D eigenvalue weighted by atomic mass is 10.2. The topological polar surface area (TPSA) is 33.1 Å². The van der Waals surface area contributed by atoms with Crippen LogP contribution in [0.3, 0.4) is 0 Å². The molecule has 2 heterocycles. The van der Waals surface area contributed by atoms with Gasteiger partial charge in [-0.25, -0.2) is 0 Å². The first-order valence-electron chi connectivity index (χ1n) is 6.11. The molecular formula is C12H22N4. The smallest absolute Gasteiger partial charge is 0.0762 e. The Labute approximate surface area is 97.6 Å². The zero-order valence-corrected chi connectivity index (χ0v) is 10.5. The highest BCUT2D eigenvalue weighted by molar-refractivity contribution is 4.98. The van der Waals surface area contributed by atoms with Crippen molar-refractivity contribution in [1.82, 2.24) is 20.0 Å². The molecular weight excluding hydrogens is 200 g/mol. The third kappa shape index (κ3) is 2.83. The van der Waals surface area contributed by atoms with E-state index < -0.39 is 0 Å². The average Bonchev–Trinajstić information content (AvgIpc) is 2.83. The Kier molecular flexibility index (Phi) is 3.61. The minimum atomic E-state index is 0.629. The Morgan fingerprint density at radius 3 is 2.94 bits per heavy atom. The van der Waals surface area contributed by atoms with Gasteiger partial charge in [-0.15, -0.1) is 0 Å². The van der Waals surface area contributed by atoms with E-state index in [4.69, 9.17) is 0 Å². The molecule has 1 fully saturated rings. The van der Waals surface area contributed by atoms with E-state index in [1.807, 2.05) is 17.9 Å². The number of nitrogens with zero attached hydrogens (tertiary/aromatic N) is 3. The van der Waals surface area contributed by atoms with E-state index >= 15 is 0 Å². The van der Waals surface area contributed by atoms with Crippen molar-refractivity contribution in [2.45, 2.75) is 38.9 Å². The second-order valence-electron chi connectivity index (χ2n) is 4.94. The molecule has 4 heteroatoms. The summed E-state index contributed by atoms with van der Waals surface area (Å²) in [5.74, 6) is 0. The van der Waals surface area contributed by atoms with Crippen molar-refractivity contribution < 1.29 is 0 Å². The van der Waals surface area contributed by atoms with Gasteiger partial charge in [-0.05, 0) is 32.9 Å². The second kappa shape index (κ2) is 4.97. The molecule has 0 aromatic carbocycles. The van der Waals surface area contributed by atoms with Gasteiger partial charge in [0.2, 0.25) is 0 Å². The molecule has 16 heavy (non-hydrogen) atoms. The van der Waals surface area contributed by atoms with Crippen LogP contribution >= 0.6 is 0 Å². The average molecular weight is 222 g/mol. The second-order valence-corrected chi connectivity index (χ2v) is 4.94. The van der Waals surface area contributed by atoms with Gasteiger partial charge in [-0.3, -0.25) is 9.58 Å². The fraction of sp³-hybridized carbons (Fsp3) is 0.750. The Morgan fingerprint density at radius 1 is 1.56 bits per heavy atom. The van der Waals surface area contributed by atoms with Crippen LogP contribution in [0.5, 0.6) is 0 Å². The molecule has 4 nitrogen and oxygen atoms in total. The van der Waals surface area contributed by atoms with Gasteiger partial charge >= 0.3 is 0 Å². The van der Waals surface area contributed by atoms with Crippen LogP contribution < -0.4 is 5.32 Å². The fourth-order valence-corrected chi connectivity index (χ4v) is 2.23. The van der Waals surface area contributed by atoms with Gasteiger partial charge in [0.25, 0.3) is 0 Å². The van der Waals surface area contributed by atoms with Crippen LogP contribution in [-0.4, -0.2) is 39.9 Å². The maximum Gasteiger partial charge on any atom is 0.0762 e.